The smallest absolute Gasteiger partial charge is 0.107 e. The summed E-state index contributed by atoms with van der Waals surface area (Å²) in [7, 11) is 0. The quantitative estimate of drug-likeness (QED) is 0.445. The summed E-state index contributed by atoms with van der Waals surface area (Å²) >= 11 is 0. The highest BCUT2D eigenvalue weighted by Gasteiger charge is 2.23. The first kappa shape index (κ1) is 18.8. The van der Waals surface area contributed by atoms with Gasteiger partial charge in [0.1, 0.15) is 6.10 Å². The van der Waals surface area contributed by atoms with Crippen LogP contribution in [0.1, 0.15) is 12.8 Å². The van der Waals surface area contributed by atoms with Crippen molar-refractivity contribution in [2.75, 3.05) is 66.0 Å². The molecule has 126 valence electrons. The van der Waals surface area contributed by atoms with Crippen LogP contribution in [0.3, 0.4) is 0 Å². The second-order valence-electron chi connectivity index (χ2n) is 4.82. The van der Waals surface area contributed by atoms with E-state index in [4.69, 9.17) is 29.4 Å². The van der Waals surface area contributed by atoms with E-state index in [2.05, 4.69) is 0 Å². The minimum atomic E-state index is -0.408. The van der Waals surface area contributed by atoms with Crippen molar-refractivity contribution >= 4 is 0 Å². The molecule has 3 N–H and O–H groups in total. The molecule has 7 nitrogen and oxygen atoms in total. The maximum atomic E-state index is 9.68. The molecule has 0 aromatic rings. The van der Waals surface area contributed by atoms with Crippen molar-refractivity contribution in [3.05, 3.63) is 0 Å². The molecule has 1 saturated heterocycles. The second-order valence-corrected chi connectivity index (χ2v) is 4.82. The molecule has 0 bridgehead atoms. The highest BCUT2D eigenvalue weighted by Crippen LogP contribution is 2.13. The van der Waals surface area contributed by atoms with Gasteiger partial charge in [0.15, 0.2) is 0 Å². The van der Waals surface area contributed by atoms with Gasteiger partial charge in [0.2, 0.25) is 0 Å². The Balaban J connectivity index is 1.76. The van der Waals surface area contributed by atoms with E-state index in [0.29, 0.717) is 66.0 Å². The van der Waals surface area contributed by atoms with Crippen LogP contribution in [0.15, 0.2) is 0 Å². The molecule has 2 atom stereocenters. The van der Waals surface area contributed by atoms with Gasteiger partial charge in [-0.25, -0.2) is 0 Å². The first-order valence-corrected chi connectivity index (χ1v) is 7.65. The Bertz CT molecular complexity index is 232. The number of nitrogens with two attached hydrogens (primary N) is 1. The van der Waals surface area contributed by atoms with Crippen molar-refractivity contribution in [2.24, 2.45) is 5.73 Å². The SMILES string of the molecule is NCCOCCOCCOCCOCC1OCCCC1O. The third kappa shape index (κ3) is 10.1. The van der Waals surface area contributed by atoms with Crippen molar-refractivity contribution in [1.82, 2.24) is 0 Å². The van der Waals surface area contributed by atoms with Crippen LogP contribution in [-0.4, -0.2) is 83.3 Å². The fourth-order valence-corrected chi connectivity index (χ4v) is 1.93. The third-order valence-corrected chi connectivity index (χ3v) is 3.07. The van der Waals surface area contributed by atoms with Crippen molar-refractivity contribution in [3.63, 3.8) is 0 Å². The zero-order chi connectivity index (χ0) is 15.2. The van der Waals surface area contributed by atoms with E-state index in [9.17, 15) is 5.11 Å². The molecule has 0 radical (unpaired) electrons. The van der Waals surface area contributed by atoms with Gasteiger partial charge in [-0.2, -0.15) is 0 Å². The number of aliphatic hydroxyl groups excluding tert-OH is 1. The Morgan fingerprint density at radius 2 is 1.48 bits per heavy atom. The summed E-state index contributed by atoms with van der Waals surface area (Å²) in [5.41, 5.74) is 5.28. The van der Waals surface area contributed by atoms with Crippen LogP contribution in [0.4, 0.5) is 0 Å². The number of aliphatic hydroxyl groups is 1. The zero-order valence-corrected chi connectivity index (χ0v) is 12.7. The highest BCUT2D eigenvalue weighted by atomic mass is 16.6. The number of hydrogen-bond acceptors (Lipinski definition) is 7. The first-order chi connectivity index (χ1) is 10.3. The molecule has 1 fully saturated rings. The Hall–Kier alpha value is -0.280. The molecule has 1 heterocycles. The second kappa shape index (κ2) is 13.4. The number of hydrogen-bond donors (Lipinski definition) is 2. The molecule has 1 aliphatic rings. The van der Waals surface area contributed by atoms with E-state index < -0.39 is 6.10 Å². The van der Waals surface area contributed by atoms with Crippen molar-refractivity contribution in [2.45, 2.75) is 25.0 Å². The minimum absolute atomic E-state index is 0.199. The van der Waals surface area contributed by atoms with Gasteiger partial charge in [0.05, 0.1) is 59.0 Å². The van der Waals surface area contributed by atoms with Gasteiger partial charge in [0.25, 0.3) is 0 Å². The predicted octanol–water partition coefficient (Wildman–Crippen LogP) is -0.449. The van der Waals surface area contributed by atoms with E-state index in [0.717, 1.165) is 12.8 Å². The van der Waals surface area contributed by atoms with Crippen LogP contribution in [0.5, 0.6) is 0 Å². The molecule has 7 heteroatoms. The molecule has 0 aliphatic carbocycles. The van der Waals surface area contributed by atoms with Gasteiger partial charge in [-0.05, 0) is 12.8 Å². The Morgan fingerprint density at radius 3 is 2.05 bits per heavy atom. The molecular weight excluding hydrogens is 278 g/mol. The summed E-state index contributed by atoms with van der Waals surface area (Å²) in [6.45, 7) is 5.40. The Labute approximate surface area is 126 Å². The molecular formula is C14H29NO6. The predicted molar refractivity (Wildman–Crippen MR) is 77.3 cm³/mol. The van der Waals surface area contributed by atoms with Gasteiger partial charge >= 0.3 is 0 Å². The molecule has 0 saturated carbocycles. The fourth-order valence-electron chi connectivity index (χ4n) is 1.93. The van der Waals surface area contributed by atoms with E-state index in [1.807, 2.05) is 0 Å². The summed E-state index contributed by atoms with van der Waals surface area (Å²) in [5, 5.41) is 9.68. The highest BCUT2D eigenvalue weighted by molar-refractivity contribution is 4.72. The summed E-state index contributed by atoms with van der Waals surface area (Å²) in [6, 6.07) is 0. The summed E-state index contributed by atoms with van der Waals surface area (Å²) in [6.07, 6.45) is 1.10. The molecule has 1 aliphatic heterocycles. The minimum Gasteiger partial charge on any atom is -0.390 e. The summed E-state index contributed by atoms with van der Waals surface area (Å²) in [4.78, 5) is 0. The van der Waals surface area contributed by atoms with Crippen LogP contribution in [0.25, 0.3) is 0 Å². The van der Waals surface area contributed by atoms with E-state index in [-0.39, 0.29) is 6.10 Å². The van der Waals surface area contributed by atoms with E-state index >= 15 is 0 Å². The molecule has 0 amide bonds. The maximum Gasteiger partial charge on any atom is 0.107 e. The standard InChI is InChI=1S/C14H29NO6/c15-3-5-17-6-7-18-8-9-19-10-11-20-12-14-13(16)2-1-4-21-14/h13-14,16H,1-12,15H2. The maximum absolute atomic E-state index is 9.68. The molecule has 0 aromatic carbocycles. The summed E-state index contributed by atoms with van der Waals surface area (Å²) in [5.74, 6) is 0. The normalized spacial score (nSPS) is 22.6. The van der Waals surface area contributed by atoms with Crippen LogP contribution in [0.2, 0.25) is 0 Å². The number of ether oxygens (including phenoxy) is 5. The van der Waals surface area contributed by atoms with Crippen LogP contribution in [-0.2, 0) is 23.7 Å². The van der Waals surface area contributed by atoms with Gasteiger partial charge < -0.3 is 34.5 Å². The van der Waals surface area contributed by atoms with Crippen LogP contribution >= 0.6 is 0 Å². The monoisotopic (exact) mass is 307 g/mol. The lowest BCUT2D eigenvalue weighted by atomic mass is 10.1. The van der Waals surface area contributed by atoms with Gasteiger partial charge in [-0.1, -0.05) is 0 Å². The van der Waals surface area contributed by atoms with Crippen LogP contribution in [0, 0.1) is 0 Å². The lowest BCUT2D eigenvalue weighted by molar-refractivity contribution is -0.111. The molecule has 0 aromatic heterocycles. The fraction of sp³-hybridized carbons (Fsp3) is 1.00. The molecule has 2 unspecified atom stereocenters. The molecule has 0 spiro atoms. The average molecular weight is 307 g/mol. The van der Waals surface area contributed by atoms with Gasteiger partial charge in [-0.3, -0.25) is 0 Å². The Morgan fingerprint density at radius 1 is 0.905 bits per heavy atom. The van der Waals surface area contributed by atoms with E-state index in [1.54, 1.807) is 0 Å². The third-order valence-electron chi connectivity index (χ3n) is 3.07. The largest absolute Gasteiger partial charge is 0.390 e. The average Bonchev–Trinajstić information content (AvgIpc) is 2.50. The van der Waals surface area contributed by atoms with E-state index in [1.165, 1.54) is 0 Å². The van der Waals surface area contributed by atoms with Crippen LogP contribution < -0.4 is 5.73 Å². The van der Waals surface area contributed by atoms with Crippen molar-refractivity contribution < 1.29 is 28.8 Å². The van der Waals surface area contributed by atoms with Gasteiger partial charge in [0, 0.05) is 13.2 Å². The lowest BCUT2D eigenvalue weighted by Crippen LogP contribution is -2.37. The first-order valence-electron chi connectivity index (χ1n) is 7.65. The van der Waals surface area contributed by atoms with Crippen molar-refractivity contribution in [1.29, 1.82) is 0 Å². The Kier molecular flexibility index (Phi) is 12.0. The summed E-state index contributed by atoms with van der Waals surface area (Å²) < 4.78 is 26.7. The topological polar surface area (TPSA) is 92.4 Å². The van der Waals surface area contributed by atoms with Gasteiger partial charge in [-0.15, -0.1) is 0 Å². The van der Waals surface area contributed by atoms with Crippen molar-refractivity contribution in [3.8, 4) is 0 Å². The zero-order valence-electron chi connectivity index (χ0n) is 12.7. The number of rotatable bonds is 13. The molecule has 1 rings (SSSR count). The molecule has 21 heavy (non-hydrogen) atoms. The lowest BCUT2D eigenvalue weighted by Gasteiger charge is -2.27.